The van der Waals surface area contributed by atoms with Gasteiger partial charge in [0.15, 0.2) is 0 Å². The Morgan fingerprint density at radius 1 is 0.538 bits per heavy atom. The molecular formula is C24H20Cl2. The molecule has 5 rings (SSSR count). The van der Waals surface area contributed by atoms with Gasteiger partial charge >= 0.3 is 0 Å². The van der Waals surface area contributed by atoms with Crippen LogP contribution in [-0.4, -0.2) is 0 Å². The van der Waals surface area contributed by atoms with E-state index in [9.17, 15) is 0 Å². The van der Waals surface area contributed by atoms with Crippen LogP contribution >= 0.6 is 23.2 Å². The lowest BCUT2D eigenvalue weighted by atomic mass is 9.94. The fourth-order valence-electron chi connectivity index (χ4n) is 4.40. The Bertz CT molecular complexity index is 858. The molecule has 0 amide bonds. The minimum absolute atomic E-state index is 0.270. The fourth-order valence-corrected chi connectivity index (χ4v) is 5.20. The van der Waals surface area contributed by atoms with Crippen molar-refractivity contribution in [3.8, 4) is 0 Å². The summed E-state index contributed by atoms with van der Waals surface area (Å²) < 4.78 is 0. The molecule has 0 N–H and O–H groups in total. The Balaban J connectivity index is 1.47. The van der Waals surface area contributed by atoms with Crippen LogP contribution in [0.1, 0.15) is 46.9 Å². The summed E-state index contributed by atoms with van der Waals surface area (Å²) in [6, 6.07) is 29.7. The van der Waals surface area contributed by atoms with Crippen molar-refractivity contribution in [2.45, 2.75) is 34.4 Å². The van der Waals surface area contributed by atoms with Gasteiger partial charge in [-0.25, -0.2) is 0 Å². The Morgan fingerprint density at radius 3 is 1.27 bits per heavy atom. The largest absolute Gasteiger partial charge is 0.113 e. The number of benzene rings is 3. The molecule has 0 bridgehead atoms. The number of rotatable bonds is 4. The summed E-state index contributed by atoms with van der Waals surface area (Å²) in [7, 11) is 0. The first-order valence-electron chi connectivity index (χ1n) is 9.20. The Hall–Kier alpha value is -1.76. The molecule has 0 radical (unpaired) electrons. The molecule has 2 aliphatic carbocycles. The van der Waals surface area contributed by atoms with Crippen molar-refractivity contribution in [2.75, 3.05) is 0 Å². The molecule has 0 aromatic heterocycles. The fraction of sp³-hybridized carbons (Fsp3) is 0.250. The Labute approximate surface area is 164 Å². The topological polar surface area (TPSA) is 0 Å². The molecule has 3 aromatic carbocycles. The van der Waals surface area contributed by atoms with Gasteiger partial charge in [0, 0.05) is 11.8 Å². The van der Waals surface area contributed by atoms with Crippen LogP contribution in [0, 0.1) is 0 Å². The van der Waals surface area contributed by atoms with Gasteiger partial charge in [0.1, 0.15) is 0 Å². The molecule has 4 atom stereocenters. The van der Waals surface area contributed by atoms with E-state index < -0.39 is 0 Å². The molecule has 0 aliphatic heterocycles. The molecule has 0 unspecified atom stereocenters. The van der Waals surface area contributed by atoms with E-state index in [2.05, 4.69) is 72.8 Å². The van der Waals surface area contributed by atoms with Gasteiger partial charge < -0.3 is 0 Å². The molecule has 0 spiro atoms. The van der Waals surface area contributed by atoms with Crippen LogP contribution < -0.4 is 0 Å². The first-order chi connectivity index (χ1) is 12.6. The molecule has 26 heavy (non-hydrogen) atoms. The van der Waals surface area contributed by atoms with Gasteiger partial charge in [0.25, 0.3) is 0 Å². The van der Waals surface area contributed by atoms with E-state index >= 15 is 0 Å². The number of alkyl halides is 2. The standard InChI is InChI=1S/C24H20Cl2/c25-23(17-9-3-1-4-10-17)15-21(23)19-13-7-8-14-20(19)22-16-24(22,26)18-11-5-2-6-12-18/h1-14,21-22H,15-16H2/t21-,22-,23-,24+/m0/s1. The van der Waals surface area contributed by atoms with Crippen molar-refractivity contribution in [1.82, 2.24) is 0 Å². The normalized spacial score (nSPS) is 32.2. The molecule has 2 saturated carbocycles. The van der Waals surface area contributed by atoms with Crippen LogP contribution in [0.4, 0.5) is 0 Å². The number of hydrogen-bond acceptors (Lipinski definition) is 0. The lowest BCUT2D eigenvalue weighted by Crippen LogP contribution is -2.04. The Morgan fingerprint density at radius 2 is 0.885 bits per heavy atom. The SMILES string of the molecule is Cl[C@@]1(c2ccccc2)C[C@H]1c1ccccc1[C@@H]1C[C@]1(Cl)c1ccccc1. The molecular weight excluding hydrogens is 359 g/mol. The first kappa shape index (κ1) is 16.4. The van der Waals surface area contributed by atoms with E-state index in [1.165, 1.54) is 22.3 Å². The average molecular weight is 379 g/mol. The minimum Gasteiger partial charge on any atom is -0.113 e. The van der Waals surface area contributed by atoms with Gasteiger partial charge in [-0.2, -0.15) is 0 Å². The maximum absolute atomic E-state index is 7.02. The second kappa shape index (κ2) is 5.87. The van der Waals surface area contributed by atoms with Crippen LogP contribution in [-0.2, 0) is 9.75 Å². The van der Waals surface area contributed by atoms with Crippen molar-refractivity contribution in [3.63, 3.8) is 0 Å². The summed E-state index contributed by atoms with van der Waals surface area (Å²) in [5.74, 6) is 0.722. The quantitative estimate of drug-likeness (QED) is 0.431. The summed E-state index contributed by atoms with van der Waals surface area (Å²) in [5, 5.41) is 0. The Kier molecular flexibility index (Phi) is 3.71. The highest BCUT2D eigenvalue weighted by molar-refractivity contribution is 6.27. The summed E-state index contributed by atoms with van der Waals surface area (Å²) >= 11 is 14.0. The van der Waals surface area contributed by atoms with E-state index in [0.717, 1.165) is 12.8 Å². The highest BCUT2D eigenvalue weighted by atomic mass is 35.5. The third-order valence-corrected chi connectivity index (χ3v) is 7.31. The predicted octanol–water partition coefficient (Wildman–Crippen LogP) is 6.93. The van der Waals surface area contributed by atoms with Crippen molar-refractivity contribution >= 4 is 23.2 Å². The molecule has 130 valence electrons. The minimum atomic E-state index is -0.270. The molecule has 2 aliphatic rings. The summed E-state index contributed by atoms with van der Waals surface area (Å²) in [5.41, 5.74) is 5.18. The predicted molar refractivity (Wildman–Crippen MR) is 109 cm³/mol. The van der Waals surface area contributed by atoms with Crippen molar-refractivity contribution in [1.29, 1.82) is 0 Å². The first-order valence-corrected chi connectivity index (χ1v) is 9.96. The van der Waals surface area contributed by atoms with E-state index in [1.807, 2.05) is 12.1 Å². The van der Waals surface area contributed by atoms with Crippen LogP contribution in [0.2, 0.25) is 0 Å². The van der Waals surface area contributed by atoms with Crippen LogP contribution in [0.5, 0.6) is 0 Å². The van der Waals surface area contributed by atoms with Crippen molar-refractivity contribution < 1.29 is 0 Å². The maximum Gasteiger partial charge on any atom is 0.0770 e. The third kappa shape index (κ3) is 2.51. The van der Waals surface area contributed by atoms with Crippen molar-refractivity contribution in [2.24, 2.45) is 0 Å². The van der Waals surface area contributed by atoms with Gasteiger partial charge in [-0.05, 0) is 35.1 Å². The molecule has 2 heteroatoms. The monoisotopic (exact) mass is 378 g/mol. The van der Waals surface area contributed by atoms with Crippen molar-refractivity contribution in [3.05, 3.63) is 107 Å². The summed E-state index contributed by atoms with van der Waals surface area (Å²) in [6.45, 7) is 0. The highest BCUT2D eigenvalue weighted by Gasteiger charge is 2.59. The number of halogens is 2. The van der Waals surface area contributed by atoms with Gasteiger partial charge in [0.2, 0.25) is 0 Å². The smallest absolute Gasteiger partial charge is 0.0770 e. The zero-order chi connectivity index (χ0) is 17.8. The zero-order valence-electron chi connectivity index (χ0n) is 14.4. The van der Waals surface area contributed by atoms with E-state index in [4.69, 9.17) is 23.2 Å². The highest BCUT2D eigenvalue weighted by Crippen LogP contribution is 2.68. The van der Waals surface area contributed by atoms with E-state index in [0.29, 0.717) is 11.8 Å². The molecule has 0 nitrogen and oxygen atoms in total. The lowest BCUT2D eigenvalue weighted by molar-refractivity contribution is 0.890. The molecule has 0 saturated heterocycles. The third-order valence-electron chi connectivity index (χ3n) is 6.04. The maximum atomic E-state index is 7.02. The average Bonchev–Trinajstić information content (AvgIpc) is 3.59. The van der Waals surface area contributed by atoms with Crippen LogP contribution in [0.3, 0.4) is 0 Å². The van der Waals surface area contributed by atoms with Gasteiger partial charge in [-0.3, -0.25) is 0 Å². The van der Waals surface area contributed by atoms with E-state index in [-0.39, 0.29) is 9.75 Å². The lowest BCUT2D eigenvalue weighted by Gasteiger charge is -2.15. The molecule has 0 heterocycles. The second-order valence-corrected chi connectivity index (χ2v) is 8.95. The molecule has 2 fully saturated rings. The van der Waals surface area contributed by atoms with Crippen LogP contribution in [0.15, 0.2) is 84.9 Å². The van der Waals surface area contributed by atoms with Gasteiger partial charge in [0.05, 0.1) is 9.75 Å². The van der Waals surface area contributed by atoms with E-state index in [1.54, 1.807) is 0 Å². The summed E-state index contributed by atoms with van der Waals surface area (Å²) in [6.07, 6.45) is 1.98. The van der Waals surface area contributed by atoms with Gasteiger partial charge in [-0.1, -0.05) is 84.9 Å². The van der Waals surface area contributed by atoms with Crippen LogP contribution in [0.25, 0.3) is 0 Å². The zero-order valence-corrected chi connectivity index (χ0v) is 15.9. The molecule has 3 aromatic rings. The summed E-state index contributed by atoms with van der Waals surface area (Å²) in [4.78, 5) is -0.540. The van der Waals surface area contributed by atoms with Gasteiger partial charge in [-0.15, -0.1) is 23.2 Å². The number of hydrogen-bond donors (Lipinski definition) is 0. The second-order valence-electron chi connectivity index (χ2n) is 7.60.